The molecule has 3 aromatic rings. The number of aromatic amines is 1. The smallest absolute Gasteiger partial charge is 0.263 e. The molecule has 1 aromatic carbocycles. The van der Waals surface area contributed by atoms with Crippen molar-refractivity contribution in [2.45, 2.75) is 38.1 Å². The lowest BCUT2D eigenvalue weighted by molar-refractivity contribution is -0.120. The molecule has 0 bridgehead atoms. The van der Waals surface area contributed by atoms with Gasteiger partial charge in [-0.15, -0.1) is 11.3 Å². The number of benzene rings is 1. The first-order valence-electron chi connectivity index (χ1n) is 9.88. The monoisotopic (exact) mass is 479 g/mol. The summed E-state index contributed by atoms with van der Waals surface area (Å²) in [5.41, 5.74) is 3.26. The number of hydrogen-bond acceptors (Lipinski definition) is 5. The van der Waals surface area contributed by atoms with Gasteiger partial charge in [0.1, 0.15) is 10.7 Å². The lowest BCUT2D eigenvalue weighted by Gasteiger charge is -2.16. The number of thiazole rings is 1. The molecule has 2 amide bonds. The van der Waals surface area contributed by atoms with E-state index in [4.69, 9.17) is 23.2 Å². The molecule has 7 nitrogen and oxygen atoms in total. The van der Waals surface area contributed by atoms with Crippen molar-refractivity contribution in [3.8, 4) is 11.3 Å². The largest absolute Gasteiger partial charge is 0.359 e. The molecule has 2 heterocycles. The standard InChI is InChI=1S/C21H23Cl2N5O2S/c1-24-19(29)6-4-2-3-5-16(28-21(30)18-11-25-12-31-18)20-26-10-17(27-20)13-7-8-14(22)15(23)9-13/h7-12,16H,2-6H2,1H3,(H,24,29)(H,26,27)(H,28,30). The van der Waals surface area contributed by atoms with Gasteiger partial charge in [0.15, 0.2) is 0 Å². The van der Waals surface area contributed by atoms with Crippen LogP contribution < -0.4 is 10.6 Å². The van der Waals surface area contributed by atoms with E-state index in [-0.39, 0.29) is 17.9 Å². The Kier molecular flexibility index (Phi) is 8.45. The molecule has 164 valence electrons. The molecular weight excluding hydrogens is 457 g/mol. The number of rotatable bonds is 10. The number of imidazole rings is 1. The number of unbranched alkanes of at least 4 members (excludes halogenated alkanes) is 2. The van der Waals surface area contributed by atoms with E-state index in [2.05, 4.69) is 25.6 Å². The second-order valence-electron chi connectivity index (χ2n) is 6.98. The normalized spacial score (nSPS) is 11.8. The van der Waals surface area contributed by atoms with Gasteiger partial charge in [-0.1, -0.05) is 42.1 Å². The molecule has 0 saturated carbocycles. The minimum absolute atomic E-state index is 0.0346. The van der Waals surface area contributed by atoms with Crippen LogP contribution in [-0.4, -0.2) is 33.8 Å². The van der Waals surface area contributed by atoms with Crippen LogP contribution in [0.5, 0.6) is 0 Å². The van der Waals surface area contributed by atoms with Crippen LogP contribution >= 0.6 is 34.5 Å². The summed E-state index contributed by atoms with van der Waals surface area (Å²) in [5, 5.41) is 6.61. The van der Waals surface area contributed by atoms with E-state index in [0.29, 0.717) is 33.6 Å². The third-order valence-corrected chi connectivity index (χ3v) is 6.30. The van der Waals surface area contributed by atoms with E-state index in [0.717, 1.165) is 30.5 Å². The lowest BCUT2D eigenvalue weighted by atomic mass is 10.1. The molecule has 31 heavy (non-hydrogen) atoms. The number of H-pyrrole nitrogens is 1. The van der Waals surface area contributed by atoms with Crippen molar-refractivity contribution in [1.82, 2.24) is 25.6 Å². The summed E-state index contributed by atoms with van der Waals surface area (Å²) < 4.78 is 0. The Morgan fingerprint density at radius 2 is 2.00 bits per heavy atom. The Labute approximate surface area is 194 Å². The highest BCUT2D eigenvalue weighted by atomic mass is 35.5. The van der Waals surface area contributed by atoms with Crippen LogP contribution in [0.15, 0.2) is 36.1 Å². The van der Waals surface area contributed by atoms with Crippen LogP contribution in [0.3, 0.4) is 0 Å². The van der Waals surface area contributed by atoms with Crippen molar-refractivity contribution >= 4 is 46.4 Å². The van der Waals surface area contributed by atoms with Crippen molar-refractivity contribution in [2.24, 2.45) is 0 Å². The topological polar surface area (TPSA) is 99.8 Å². The summed E-state index contributed by atoms with van der Waals surface area (Å²) in [6.07, 6.45) is 6.95. The second kappa shape index (κ2) is 11.3. The first kappa shape index (κ1) is 23.2. The number of carbonyl (C=O) groups excluding carboxylic acids is 2. The molecule has 3 N–H and O–H groups in total. The fourth-order valence-electron chi connectivity index (χ4n) is 3.09. The van der Waals surface area contributed by atoms with E-state index in [1.54, 1.807) is 37.1 Å². The van der Waals surface area contributed by atoms with Crippen molar-refractivity contribution in [3.05, 3.63) is 56.9 Å². The summed E-state index contributed by atoms with van der Waals surface area (Å²) in [4.78, 5) is 36.3. The number of aromatic nitrogens is 3. The number of amides is 2. The van der Waals surface area contributed by atoms with E-state index < -0.39 is 0 Å². The number of nitrogens with one attached hydrogen (secondary N) is 3. The van der Waals surface area contributed by atoms with Gasteiger partial charge >= 0.3 is 0 Å². The van der Waals surface area contributed by atoms with Gasteiger partial charge in [0.05, 0.1) is 39.7 Å². The zero-order chi connectivity index (χ0) is 22.2. The van der Waals surface area contributed by atoms with Gasteiger partial charge in [0.25, 0.3) is 5.91 Å². The summed E-state index contributed by atoms with van der Waals surface area (Å²) >= 11 is 13.4. The van der Waals surface area contributed by atoms with Gasteiger partial charge in [-0.25, -0.2) is 4.98 Å². The number of nitrogens with zero attached hydrogens (tertiary/aromatic N) is 2. The Morgan fingerprint density at radius 3 is 2.71 bits per heavy atom. The van der Waals surface area contributed by atoms with E-state index in [1.807, 2.05) is 6.07 Å². The highest BCUT2D eigenvalue weighted by Gasteiger charge is 2.20. The molecule has 0 aliphatic heterocycles. The van der Waals surface area contributed by atoms with E-state index in [9.17, 15) is 9.59 Å². The van der Waals surface area contributed by atoms with Crippen LogP contribution in [0.2, 0.25) is 10.0 Å². The fourth-order valence-corrected chi connectivity index (χ4v) is 3.92. The van der Waals surface area contributed by atoms with Gasteiger partial charge < -0.3 is 15.6 Å². The minimum atomic E-state index is -0.300. The summed E-state index contributed by atoms with van der Waals surface area (Å²) in [6, 6.07) is 5.06. The van der Waals surface area contributed by atoms with Gasteiger partial charge in [0.2, 0.25) is 5.91 Å². The van der Waals surface area contributed by atoms with Crippen molar-refractivity contribution < 1.29 is 9.59 Å². The predicted molar refractivity (Wildman–Crippen MR) is 124 cm³/mol. The molecule has 2 aromatic heterocycles. The van der Waals surface area contributed by atoms with Gasteiger partial charge in [-0.05, 0) is 25.0 Å². The Balaban J connectivity index is 1.70. The number of halogens is 2. The minimum Gasteiger partial charge on any atom is -0.359 e. The van der Waals surface area contributed by atoms with Crippen LogP contribution in [-0.2, 0) is 4.79 Å². The molecule has 0 aliphatic rings. The number of hydrogen-bond donors (Lipinski definition) is 3. The zero-order valence-corrected chi connectivity index (χ0v) is 19.3. The maximum Gasteiger partial charge on any atom is 0.263 e. The van der Waals surface area contributed by atoms with E-state index >= 15 is 0 Å². The van der Waals surface area contributed by atoms with Crippen molar-refractivity contribution in [2.75, 3.05) is 7.05 Å². The Bertz CT molecular complexity index is 1020. The Hall–Kier alpha value is -2.42. The summed E-state index contributed by atoms with van der Waals surface area (Å²) in [7, 11) is 1.63. The Morgan fingerprint density at radius 1 is 1.16 bits per heavy atom. The van der Waals surface area contributed by atoms with E-state index in [1.165, 1.54) is 11.3 Å². The maximum atomic E-state index is 12.6. The first-order chi connectivity index (χ1) is 15.0. The highest BCUT2D eigenvalue weighted by Crippen LogP contribution is 2.29. The van der Waals surface area contributed by atoms with Crippen LogP contribution in [0, 0.1) is 0 Å². The van der Waals surface area contributed by atoms with Gasteiger partial charge in [0, 0.05) is 19.0 Å². The third-order valence-electron chi connectivity index (χ3n) is 4.79. The highest BCUT2D eigenvalue weighted by molar-refractivity contribution is 7.11. The average molecular weight is 480 g/mol. The maximum absolute atomic E-state index is 12.6. The summed E-state index contributed by atoms with van der Waals surface area (Å²) in [5.74, 6) is 0.503. The molecule has 0 fully saturated rings. The number of carbonyl (C=O) groups is 2. The molecule has 3 rings (SSSR count). The predicted octanol–water partition coefficient (Wildman–Crippen LogP) is 5.01. The van der Waals surface area contributed by atoms with Crippen LogP contribution in [0.25, 0.3) is 11.3 Å². The molecule has 0 aliphatic carbocycles. The lowest BCUT2D eigenvalue weighted by Crippen LogP contribution is -2.28. The molecule has 10 heteroatoms. The average Bonchev–Trinajstić information content (AvgIpc) is 3.47. The SMILES string of the molecule is CNC(=O)CCCCCC(NC(=O)c1cncs1)c1ncc(-c2ccc(Cl)c(Cl)c2)[nH]1. The van der Waals surface area contributed by atoms with Crippen molar-refractivity contribution in [1.29, 1.82) is 0 Å². The first-order valence-corrected chi connectivity index (χ1v) is 11.5. The molecule has 0 spiro atoms. The van der Waals surface area contributed by atoms with Crippen LogP contribution in [0.1, 0.15) is 53.6 Å². The molecular formula is C21H23Cl2N5O2S. The molecule has 1 unspecified atom stereocenters. The quantitative estimate of drug-likeness (QED) is 0.355. The molecule has 0 saturated heterocycles. The van der Waals surface area contributed by atoms with Crippen molar-refractivity contribution in [3.63, 3.8) is 0 Å². The molecule has 1 atom stereocenters. The zero-order valence-electron chi connectivity index (χ0n) is 17.0. The molecule has 0 radical (unpaired) electrons. The third kappa shape index (κ3) is 6.53. The summed E-state index contributed by atoms with van der Waals surface area (Å²) in [6.45, 7) is 0. The fraction of sp³-hybridized carbons (Fsp3) is 0.333. The second-order valence-corrected chi connectivity index (χ2v) is 8.68. The van der Waals surface area contributed by atoms with Crippen LogP contribution in [0.4, 0.5) is 0 Å². The van der Waals surface area contributed by atoms with Gasteiger partial charge in [-0.2, -0.15) is 0 Å². The van der Waals surface area contributed by atoms with Gasteiger partial charge in [-0.3, -0.25) is 14.6 Å².